The number of halogens is 1. The minimum atomic E-state index is -1.16. The Morgan fingerprint density at radius 3 is 2.50 bits per heavy atom. The fourth-order valence-corrected chi connectivity index (χ4v) is 5.75. The van der Waals surface area contributed by atoms with Gasteiger partial charge in [-0.15, -0.1) is 11.3 Å². The Hall–Kier alpha value is -4.09. The molecule has 0 radical (unpaired) electrons. The zero-order valence-electron chi connectivity index (χ0n) is 23.4. The van der Waals surface area contributed by atoms with E-state index < -0.39 is 23.1 Å². The average Bonchev–Trinajstić information content (AvgIpc) is 3.60. The standard InChI is InChI=1S/C30H31ClN4O6S/c1-29(2,3)40-27(37)33-21-11-13-30(14-12-21,39-23-9-7-20(31)8-10-23)26(36)32-22-6-4-5-18(15-22)19-16-24(42-17-19)25-34-28(38)41-35-25/h4-10,15-17,21H,11-14H2,1-3H3,(H,32,36)(H,33,37)(H,34,35,38). The lowest BCUT2D eigenvalue weighted by Gasteiger charge is -2.39. The molecule has 3 N–H and O–H groups in total. The number of aromatic nitrogens is 2. The molecule has 12 heteroatoms. The second-order valence-electron chi connectivity index (χ2n) is 11.1. The number of rotatable bonds is 7. The predicted molar refractivity (Wildman–Crippen MR) is 161 cm³/mol. The van der Waals surface area contributed by atoms with E-state index >= 15 is 0 Å². The summed E-state index contributed by atoms with van der Waals surface area (Å²) >= 11 is 7.48. The number of carbonyl (C=O) groups is 2. The van der Waals surface area contributed by atoms with Crippen LogP contribution < -0.4 is 21.1 Å². The van der Waals surface area contributed by atoms with Crippen molar-refractivity contribution in [3.63, 3.8) is 0 Å². The molecule has 0 atom stereocenters. The highest BCUT2D eigenvalue weighted by atomic mass is 35.5. The van der Waals surface area contributed by atoms with Crippen molar-refractivity contribution in [2.45, 2.75) is 63.7 Å². The second-order valence-corrected chi connectivity index (χ2v) is 12.5. The first kappa shape index (κ1) is 29.4. The van der Waals surface area contributed by atoms with Crippen LogP contribution in [0.2, 0.25) is 5.02 Å². The summed E-state index contributed by atoms with van der Waals surface area (Å²) in [5.41, 5.74) is 0.613. The van der Waals surface area contributed by atoms with Gasteiger partial charge in [-0.1, -0.05) is 28.9 Å². The molecule has 0 aliphatic heterocycles. The third-order valence-corrected chi connectivity index (χ3v) is 7.97. The van der Waals surface area contributed by atoms with Crippen molar-refractivity contribution < 1.29 is 23.6 Å². The molecule has 2 aromatic carbocycles. The Kier molecular flexibility index (Phi) is 8.42. The van der Waals surface area contributed by atoms with Gasteiger partial charge in [-0.25, -0.2) is 9.59 Å². The molecular formula is C30H31ClN4O6S. The Balaban J connectivity index is 1.32. The number of H-pyrrole nitrogens is 1. The maximum Gasteiger partial charge on any atom is 0.439 e. The van der Waals surface area contributed by atoms with Crippen LogP contribution in [-0.4, -0.2) is 39.4 Å². The van der Waals surface area contributed by atoms with Gasteiger partial charge in [-0.3, -0.25) is 14.3 Å². The molecule has 0 saturated heterocycles. The summed E-state index contributed by atoms with van der Waals surface area (Å²) in [5, 5.41) is 12.2. The molecule has 1 saturated carbocycles. The lowest BCUT2D eigenvalue weighted by molar-refractivity contribution is -0.134. The van der Waals surface area contributed by atoms with Crippen LogP contribution in [0.1, 0.15) is 46.5 Å². The molecule has 2 heterocycles. The molecule has 1 aliphatic carbocycles. The molecule has 2 amide bonds. The molecular weight excluding hydrogens is 580 g/mol. The van der Waals surface area contributed by atoms with Crippen LogP contribution in [0, 0.1) is 0 Å². The Labute approximate surface area is 251 Å². The molecule has 0 unspecified atom stereocenters. The van der Waals surface area contributed by atoms with Gasteiger partial charge in [0.15, 0.2) is 11.4 Å². The summed E-state index contributed by atoms with van der Waals surface area (Å²) in [6.07, 6.45) is 1.34. The zero-order chi connectivity index (χ0) is 29.9. The molecule has 42 heavy (non-hydrogen) atoms. The van der Waals surface area contributed by atoms with E-state index in [-0.39, 0.29) is 11.9 Å². The molecule has 4 aromatic rings. The number of benzene rings is 2. The van der Waals surface area contributed by atoms with Gasteiger partial charge in [0, 0.05) is 16.8 Å². The molecule has 0 spiro atoms. The van der Waals surface area contributed by atoms with Gasteiger partial charge < -0.3 is 20.1 Å². The minimum Gasteiger partial charge on any atom is -0.477 e. The van der Waals surface area contributed by atoms with Crippen LogP contribution in [-0.2, 0) is 9.53 Å². The van der Waals surface area contributed by atoms with E-state index in [1.165, 1.54) is 11.3 Å². The Morgan fingerprint density at radius 2 is 1.83 bits per heavy atom. The number of thiophene rings is 1. The highest BCUT2D eigenvalue weighted by molar-refractivity contribution is 7.13. The monoisotopic (exact) mass is 610 g/mol. The van der Waals surface area contributed by atoms with Gasteiger partial charge in [0.2, 0.25) is 0 Å². The summed E-state index contributed by atoms with van der Waals surface area (Å²) in [6, 6.07) is 16.1. The van der Waals surface area contributed by atoms with E-state index in [0.717, 1.165) is 16.0 Å². The number of carbonyl (C=O) groups excluding carboxylic acids is 2. The van der Waals surface area contributed by atoms with Crippen LogP contribution in [0.25, 0.3) is 21.8 Å². The van der Waals surface area contributed by atoms with Crippen LogP contribution in [0.4, 0.5) is 10.5 Å². The zero-order valence-corrected chi connectivity index (χ0v) is 24.9. The first-order valence-corrected chi connectivity index (χ1v) is 14.7. The highest BCUT2D eigenvalue weighted by Gasteiger charge is 2.45. The molecule has 1 fully saturated rings. The normalized spacial score (nSPS) is 18.7. The Morgan fingerprint density at radius 1 is 1.10 bits per heavy atom. The van der Waals surface area contributed by atoms with Gasteiger partial charge in [0.25, 0.3) is 5.91 Å². The van der Waals surface area contributed by atoms with E-state index in [4.69, 9.17) is 21.1 Å². The quantitative estimate of drug-likeness (QED) is 0.213. The van der Waals surface area contributed by atoms with Crippen LogP contribution >= 0.6 is 22.9 Å². The summed E-state index contributed by atoms with van der Waals surface area (Å²) < 4.78 is 16.4. The molecule has 220 valence electrons. The average molecular weight is 611 g/mol. The first-order chi connectivity index (χ1) is 20.0. The molecule has 0 bridgehead atoms. The van der Waals surface area contributed by atoms with Crippen molar-refractivity contribution in [3.8, 4) is 27.6 Å². The lowest BCUT2D eigenvalue weighted by Crippen LogP contribution is -2.53. The number of hydrogen-bond donors (Lipinski definition) is 3. The topological polar surface area (TPSA) is 136 Å². The van der Waals surface area contributed by atoms with Gasteiger partial charge in [0.05, 0.1) is 4.88 Å². The van der Waals surface area contributed by atoms with Crippen molar-refractivity contribution in [2.75, 3.05) is 5.32 Å². The number of anilines is 1. The number of alkyl carbamates (subject to hydrolysis) is 1. The Bertz CT molecular complexity index is 1610. The largest absolute Gasteiger partial charge is 0.477 e. The SMILES string of the molecule is CC(C)(C)OC(=O)NC1CCC(Oc2ccc(Cl)cc2)(C(=O)Nc2cccc(-c3csc(-c4noc(=O)[nH]4)c3)c2)CC1. The van der Waals surface area contributed by atoms with E-state index in [2.05, 4.69) is 25.3 Å². The highest BCUT2D eigenvalue weighted by Crippen LogP contribution is 2.36. The van der Waals surface area contributed by atoms with Gasteiger partial charge in [-0.2, -0.15) is 0 Å². The van der Waals surface area contributed by atoms with Gasteiger partial charge >= 0.3 is 11.8 Å². The van der Waals surface area contributed by atoms with Crippen LogP contribution in [0.3, 0.4) is 0 Å². The van der Waals surface area contributed by atoms with Crippen LogP contribution in [0.5, 0.6) is 5.75 Å². The summed E-state index contributed by atoms with van der Waals surface area (Å²) in [5.74, 6) is -0.0112. The number of hydrogen-bond acceptors (Lipinski definition) is 8. The van der Waals surface area contributed by atoms with Crippen LogP contribution in [0.15, 0.2) is 69.3 Å². The predicted octanol–water partition coefficient (Wildman–Crippen LogP) is 6.64. The molecule has 1 aliphatic rings. The number of nitrogens with zero attached hydrogens (tertiary/aromatic N) is 1. The third-order valence-electron chi connectivity index (χ3n) is 6.78. The van der Waals surface area contributed by atoms with Crippen molar-refractivity contribution in [2.24, 2.45) is 0 Å². The fourth-order valence-electron chi connectivity index (χ4n) is 4.78. The van der Waals surface area contributed by atoms with E-state index in [1.807, 2.05) is 56.5 Å². The smallest absolute Gasteiger partial charge is 0.439 e. The van der Waals surface area contributed by atoms with Crippen molar-refractivity contribution >= 4 is 40.6 Å². The first-order valence-electron chi connectivity index (χ1n) is 13.5. The maximum atomic E-state index is 13.9. The van der Waals surface area contributed by atoms with Crippen molar-refractivity contribution in [1.29, 1.82) is 0 Å². The number of ether oxygens (including phenoxy) is 2. The van der Waals surface area contributed by atoms with Crippen molar-refractivity contribution in [1.82, 2.24) is 15.5 Å². The number of nitrogens with one attached hydrogen (secondary N) is 3. The van der Waals surface area contributed by atoms with Gasteiger partial charge in [-0.05, 0) is 105 Å². The molecule has 10 nitrogen and oxygen atoms in total. The van der Waals surface area contributed by atoms with Crippen molar-refractivity contribution in [3.05, 3.63) is 75.6 Å². The summed E-state index contributed by atoms with van der Waals surface area (Å²) in [6.45, 7) is 5.44. The summed E-state index contributed by atoms with van der Waals surface area (Å²) in [4.78, 5) is 40.9. The lowest BCUT2D eigenvalue weighted by atomic mass is 9.81. The number of amides is 2. The summed E-state index contributed by atoms with van der Waals surface area (Å²) in [7, 11) is 0. The van der Waals surface area contributed by atoms with E-state index in [0.29, 0.717) is 48.0 Å². The molecule has 2 aromatic heterocycles. The second kappa shape index (κ2) is 12.0. The maximum absolute atomic E-state index is 13.9. The molecule has 5 rings (SSSR count). The number of aromatic amines is 1. The van der Waals surface area contributed by atoms with Gasteiger partial charge in [0.1, 0.15) is 11.4 Å². The minimum absolute atomic E-state index is 0.148. The fraction of sp³-hybridized carbons (Fsp3) is 0.333. The third kappa shape index (κ3) is 7.21. The van der Waals surface area contributed by atoms with E-state index in [1.54, 1.807) is 24.3 Å². The van der Waals surface area contributed by atoms with E-state index in [9.17, 15) is 14.4 Å².